The zero-order valence-corrected chi connectivity index (χ0v) is 11.1. The predicted molar refractivity (Wildman–Crippen MR) is 69.8 cm³/mol. The second kappa shape index (κ2) is 5.40. The maximum atomic E-state index is 13.5. The lowest BCUT2D eigenvalue weighted by atomic mass is 10.1. The Labute approximate surface area is 114 Å². The molecule has 1 heterocycles. The van der Waals surface area contributed by atoms with Gasteiger partial charge in [0.25, 0.3) is 0 Å². The van der Waals surface area contributed by atoms with E-state index in [1.54, 1.807) is 0 Å². The maximum absolute atomic E-state index is 13.5. The van der Waals surface area contributed by atoms with Gasteiger partial charge in [-0.25, -0.2) is 13.6 Å². The number of imidazole rings is 1. The van der Waals surface area contributed by atoms with Crippen LogP contribution in [-0.4, -0.2) is 14.9 Å². The largest absolute Gasteiger partial charge is 0.328 e. The van der Waals surface area contributed by atoms with E-state index in [2.05, 4.69) is 0 Å². The van der Waals surface area contributed by atoms with Crippen molar-refractivity contribution in [3.8, 4) is 0 Å². The fourth-order valence-corrected chi connectivity index (χ4v) is 1.94. The molecule has 4 nitrogen and oxygen atoms in total. The van der Waals surface area contributed by atoms with Gasteiger partial charge < -0.3 is 0 Å². The lowest BCUT2D eigenvalue weighted by Gasteiger charge is -2.06. The van der Waals surface area contributed by atoms with Crippen LogP contribution in [0.2, 0.25) is 0 Å². The standard InChI is InChI=1S/C14H14F2N2O2/c1-9(2)18-7-6-17(14(18)20)8-12(19)13-10(15)4-3-5-11(13)16/h3-7,9H,8H2,1-2H3. The molecule has 0 aliphatic carbocycles. The maximum Gasteiger partial charge on any atom is 0.328 e. The van der Waals surface area contributed by atoms with E-state index >= 15 is 0 Å². The Morgan fingerprint density at radius 1 is 1.20 bits per heavy atom. The van der Waals surface area contributed by atoms with E-state index in [0.29, 0.717) is 0 Å². The first kappa shape index (κ1) is 14.2. The summed E-state index contributed by atoms with van der Waals surface area (Å²) in [5.74, 6) is -2.62. The van der Waals surface area contributed by atoms with Crippen LogP contribution in [0.15, 0.2) is 35.4 Å². The molecule has 6 heteroatoms. The summed E-state index contributed by atoms with van der Waals surface area (Å²) in [7, 11) is 0. The van der Waals surface area contributed by atoms with Gasteiger partial charge >= 0.3 is 5.69 Å². The van der Waals surface area contributed by atoms with Crippen LogP contribution in [0, 0.1) is 11.6 Å². The first-order chi connectivity index (χ1) is 9.41. The molecular weight excluding hydrogens is 266 g/mol. The number of halogens is 2. The Hall–Kier alpha value is -2.24. The number of benzene rings is 1. The van der Waals surface area contributed by atoms with E-state index in [0.717, 1.165) is 16.7 Å². The number of carbonyl (C=O) groups is 1. The Kier molecular flexibility index (Phi) is 3.83. The summed E-state index contributed by atoms with van der Waals surface area (Å²) >= 11 is 0. The highest BCUT2D eigenvalue weighted by molar-refractivity contribution is 5.96. The second-order valence-corrected chi connectivity index (χ2v) is 4.73. The summed E-state index contributed by atoms with van der Waals surface area (Å²) < 4.78 is 29.5. The van der Waals surface area contributed by atoms with Crippen molar-refractivity contribution in [1.29, 1.82) is 0 Å². The molecule has 0 fully saturated rings. The number of ketones is 1. The molecule has 0 bridgehead atoms. The van der Waals surface area contributed by atoms with Crippen LogP contribution in [0.25, 0.3) is 0 Å². The SMILES string of the molecule is CC(C)n1ccn(CC(=O)c2c(F)cccc2F)c1=O. The van der Waals surface area contributed by atoms with E-state index in [9.17, 15) is 18.4 Å². The van der Waals surface area contributed by atoms with Gasteiger partial charge in [0.05, 0.1) is 12.1 Å². The average Bonchev–Trinajstić information content (AvgIpc) is 2.71. The highest BCUT2D eigenvalue weighted by Gasteiger charge is 2.18. The highest BCUT2D eigenvalue weighted by Crippen LogP contribution is 2.13. The third-order valence-electron chi connectivity index (χ3n) is 2.99. The summed E-state index contributed by atoms with van der Waals surface area (Å²) in [4.78, 5) is 23.9. The van der Waals surface area contributed by atoms with Gasteiger partial charge in [0.15, 0.2) is 5.78 Å². The molecule has 0 radical (unpaired) electrons. The Bertz CT molecular complexity index is 681. The molecule has 0 amide bonds. The molecule has 2 rings (SSSR count). The van der Waals surface area contributed by atoms with Gasteiger partial charge in [-0.2, -0.15) is 0 Å². The molecule has 2 aromatic rings. The van der Waals surface area contributed by atoms with Gasteiger partial charge in [-0.3, -0.25) is 13.9 Å². The van der Waals surface area contributed by atoms with Crippen LogP contribution in [0.1, 0.15) is 30.2 Å². The molecular formula is C14H14F2N2O2. The number of hydrogen-bond donors (Lipinski definition) is 0. The molecule has 0 N–H and O–H groups in total. The Morgan fingerprint density at radius 3 is 2.30 bits per heavy atom. The van der Waals surface area contributed by atoms with E-state index in [-0.39, 0.29) is 11.7 Å². The van der Waals surface area contributed by atoms with Crippen LogP contribution >= 0.6 is 0 Å². The quantitative estimate of drug-likeness (QED) is 0.807. The van der Waals surface area contributed by atoms with Crippen molar-refractivity contribution in [1.82, 2.24) is 9.13 Å². The predicted octanol–water partition coefficient (Wildman–Crippen LogP) is 2.39. The van der Waals surface area contributed by atoms with Crippen molar-refractivity contribution in [2.45, 2.75) is 26.4 Å². The molecule has 0 atom stereocenters. The van der Waals surface area contributed by atoms with Crippen LogP contribution in [0.4, 0.5) is 8.78 Å². The van der Waals surface area contributed by atoms with Crippen LogP contribution in [0.3, 0.4) is 0 Å². The average molecular weight is 280 g/mol. The third kappa shape index (κ3) is 2.54. The molecule has 0 saturated heterocycles. The molecule has 0 aliphatic rings. The fourth-order valence-electron chi connectivity index (χ4n) is 1.94. The normalized spacial score (nSPS) is 11.1. The summed E-state index contributed by atoms with van der Waals surface area (Å²) in [5, 5.41) is 0. The zero-order valence-electron chi connectivity index (χ0n) is 11.1. The van der Waals surface area contributed by atoms with Crippen molar-refractivity contribution in [2.75, 3.05) is 0 Å². The van der Waals surface area contributed by atoms with Gasteiger partial charge in [-0.15, -0.1) is 0 Å². The molecule has 0 saturated carbocycles. The van der Waals surface area contributed by atoms with Gasteiger partial charge in [0.2, 0.25) is 0 Å². The Balaban J connectivity index is 2.31. The summed E-state index contributed by atoms with van der Waals surface area (Å²) in [5.41, 5.74) is -0.998. The van der Waals surface area contributed by atoms with Crippen molar-refractivity contribution >= 4 is 5.78 Å². The van der Waals surface area contributed by atoms with Crippen molar-refractivity contribution in [3.63, 3.8) is 0 Å². The second-order valence-electron chi connectivity index (χ2n) is 4.73. The number of carbonyl (C=O) groups excluding carboxylic acids is 1. The van der Waals surface area contributed by atoms with Gasteiger partial charge in [0, 0.05) is 18.4 Å². The number of hydrogen-bond acceptors (Lipinski definition) is 2. The zero-order chi connectivity index (χ0) is 14.9. The van der Waals surface area contributed by atoms with Crippen molar-refractivity contribution in [2.24, 2.45) is 0 Å². The number of rotatable bonds is 4. The van der Waals surface area contributed by atoms with Crippen LogP contribution in [-0.2, 0) is 6.54 Å². The summed E-state index contributed by atoms with van der Waals surface area (Å²) in [6.07, 6.45) is 2.97. The van der Waals surface area contributed by atoms with Crippen LogP contribution in [0.5, 0.6) is 0 Å². The van der Waals surface area contributed by atoms with E-state index in [4.69, 9.17) is 0 Å². The minimum Gasteiger partial charge on any atom is -0.297 e. The molecule has 0 spiro atoms. The molecule has 106 valence electrons. The van der Waals surface area contributed by atoms with E-state index in [1.165, 1.54) is 23.0 Å². The molecule has 0 aliphatic heterocycles. The highest BCUT2D eigenvalue weighted by atomic mass is 19.1. The fraction of sp³-hybridized carbons (Fsp3) is 0.286. The lowest BCUT2D eigenvalue weighted by molar-refractivity contribution is 0.0962. The van der Waals surface area contributed by atoms with Crippen molar-refractivity contribution in [3.05, 3.63) is 58.3 Å². The van der Waals surface area contributed by atoms with Crippen LogP contribution < -0.4 is 5.69 Å². The molecule has 1 aromatic carbocycles. The van der Waals surface area contributed by atoms with Crippen molar-refractivity contribution < 1.29 is 13.6 Å². The van der Waals surface area contributed by atoms with Gasteiger partial charge in [-0.1, -0.05) is 6.07 Å². The lowest BCUT2D eigenvalue weighted by Crippen LogP contribution is -2.28. The van der Waals surface area contributed by atoms with Gasteiger partial charge in [0.1, 0.15) is 11.6 Å². The Morgan fingerprint density at radius 2 is 1.80 bits per heavy atom. The third-order valence-corrected chi connectivity index (χ3v) is 2.99. The number of aromatic nitrogens is 2. The van der Waals surface area contributed by atoms with Gasteiger partial charge in [-0.05, 0) is 26.0 Å². The minimum atomic E-state index is -0.925. The molecule has 0 unspecified atom stereocenters. The molecule has 1 aromatic heterocycles. The first-order valence-electron chi connectivity index (χ1n) is 6.16. The summed E-state index contributed by atoms with van der Waals surface area (Å²) in [6, 6.07) is 3.16. The van der Waals surface area contributed by atoms with E-state index < -0.39 is 29.5 Å². The molecule has 20 heavy (non-hydrogen) atoms. The van der Waals surface area contributed by atoms with E-state index in [1.807, 2.05) is 13.8 Å². The number of Topliss-reactive ketones (excluding diaryl/α,β-unsaturated/α-hetero) is 1. The number of nitrogens with zero attached hydrogens (tertiary/aromatic N) is 2. The monoisotopic (exact) mass is 280 g/mol. The minimum absolute atomic E-state index is 0.0518. The topological polar surface area (TPSA) is 44.0 Å². The summed E-state index contributed by atoms with van der Waals surface area (Å²) in [6.45, 7) is 3.25. The first-order valence-corrected chi connectivity index (χ1v) is 6.16. The smallest absolute Gasteiger partial charge is 0.297 e.